The fourth-order valence-corrected chi connectivity index (χ4v) is 3.64. The van der Waals surface area contributed by atoms with E-state index < -0.39 is 6.36 Å². The van der Waals surface area contributed by atoms with Crippen LogP contribution in [0.4, 0.5) is 19.0 Å². The molecule has 0 atom stereocenters. The van der Waals surface area contributed by atoms with E-state index in [1.54, 1.807) is 35.3 Å². The van der Waals surface area contributed by atoms with E-state index in [0.29, 0.717) is 41.4 Å². The monoisotopic (exact) mass is 468 g/mol. The third-order valence-corrected chi connectivity index (χ3v) is 5.17. The van der Waals surface area contributed by atoms with Gasteiger partial charge in [0.2, 0.25) is 6.79 Å². The maximum absolute atomic E-state index is 12.5. The Morgan fingerprint density at radius 3 is 2.50 bits per heavy atom. The molecule has 2 aromatic heterocycles. The van der Waals surface area contributed by atoms with Crippen LogP contribution >= 0.6 is 0 Å². The molecule has 1 aliphatic rings. The van der Waals surface area contributed by atoms with Crippen LogP contribution in [0.25, 0.3) is 16.8 Å². The number of hydrogen-bond acceptors (Lipinski definition) is 6. The first-order valence-electron chi connectivity index (χ1n) is 10.4. The summed E-state index contributed by atoms with van der Waals surface area (Å²) in [7, 11) is 0. The lowest BCUT2D eigenvalue weighted by molar-refractivity contribution is -0.274. The summed E-state index contributed by atoms with van der Waals surface area (Å²) in [6.45, 7) is 1.21. The van der Waals surface area contributed by atoms with Gasteiger partial charge in [-0.1, -0.05) is 42.5 Å². The van der Waals surface area contributed by atoms with Gasteiger partial charge in [-0.3, -0.25) is 0 Å². The molecule has 0 amide bonds. The Kier molecular flexibility index (Phi) is 5.70. The zero-order valence-corrected chi connectivity index (χ0v) is 17.8. The Balaban J connectivity index is 1.47. The molecule has 0 saturated heterocycles. The van der Waals surface area contributed by atoms with Crippen LogP contribution in [0.3, 0.4) is 0 Å². The van der Waals surface area contributed by atoms with Gasteiger partial charge in [0.1, 0.15) is 17.8 Å². The number of halogens is 3. The number of anilines is 1. The Morgan fingerprint density at radius 2 is 1.79 bits per heavy atom. The van der Waals surface area contributed by atoms with Crippen molar-refractivity contribution in [1.29, 1.82) is 0 Å². The predicted molar refractivity (Wildman–Crippen MR) is 118 cm³/mol. The largest absolute Gasteiger partial charge is 0.573 e. The molecule has 7 nitrogen and oxygen atoms in total. The van der Waals surface area contributed by atoms with Crippen molar-refractivity contribution in [2.24, 2.45) is 0 Å². The number of fused-ring (bicyclic) bond motifs is 1. The second-order valence-electron chi connectivity index (χ2n) is 7.54. The van der Waals surface area contributed by atoms with E-state index in [0.717, 1.165) is 5.56 Å². The summed E-state index contributed by atoms with van der Waals surface area (Å²) in [5.74, 6) is 1.08. The Morgan fingerprint density at radius 1 is 1.00 bits per heavy atom. The minimum Gasteiger partial charge on any atom is -0.462 e. The highest BCUT2D eigenvalue weighted by Gasteiger charge is 2.31. The van der Waals surface area contributed by atoms with Gasteiger partial charge in [0, 0.05) is 18.3 Å². The first-order valence-corrected chi connectivity index (χ1v) is 10.4. The number of rotatable bonds is 7. The lowest BCUT2D eigenvalue weighted by Gasteiger charge is -2.23. The second kappa shape index (κ2) is 8.97. The van der Waals surface area contributed by atoms with Gasteiger partial charge in [-0.15, -0.1) is 13.2 Å². The van der Waals surface area contributed by atoms with Gasteiger partial charge in [0.25, 0.3) is 0 Å². The smallest absolute Gasteiger partial charge is 0.462 e. The number of ether oxygens (including phenoxy) is 3. The summed E-state index contributed by atoms with van der Waals surface area (Å²) in [6, 6.07) is 17.4. The first kappa shape index (κ1) is 21.6. The number of nitrogens with zero attached hydrogens (tertiary/aromatic N) is 4. The van der Waals surface area contributed by atoms with Gasteiger partial charge in [-0.05, 0) is 29.3 Å². The van der Waals surface area contributed by atoms with E-state index in [1.807, 2.05) is 41.3 Å². The van der Waals surface area contributed by atoms with Gasteiger partial charge in [-0.25, -0.2) is 9.50 Å². The lowest BCUT2D eigenvalue weighted by atomic mass is 10.1. The lowest BCUT2D eigenvalue weighted by Crippen LogP contribution is -2.26. The topological polar surface area (TPSA) is 61.1 Å². The van der Waals surface area contributed by atoms with Crippen molar-refractivity contribution >= 4 is 11.5 Å². The molecule has 0 unspecified atom stereocenters. The molecule has 0 bridgehead atoms. The molecule has 0 N–H and O–H groups in total. The van der Waals surface area contributed by atoms with Crippen molar-refractivity contribution in [2.45, 2.75) is 12.9 Å². The van der Waals surface area contributed by atoms with Crippen molar-refractivity contribution in [2.75, 3.05) is 18.2 Å². The summed E-state index contributed by atoms with van der Waals surface area (Å²) in [5, 5.41) is 4.33. The van der Waals surface area contributed by atoms with Crippen LogP contribution in [0.5, 0.6) is 5.75 Å². The Bertz CT molecular complexity index is 1300. The number of hydrogen-bond donors (Lipinski definition) is 0. The van der Waals surface area contributed by atoms with Gasteiger partial charge in [0.05, 0.1) is 12.7 Å². The quantitative estimate of drug-likeness (QED) is 0.374. The van der Waals surface area contributed by atoms with Gasteiger partial charge in [0.15, 0.2) is 11.4 Å². The van der Waals surface area contributed by atoms with Crippen LogP contribution in [0, 0.1) is 0 Å². The molecular weight excluding hydrogens is 449 g/mol. The molecule has 0 radical (unpaired) electrons. The summed E-state index contributed by atoms with van der Waals surface area (Å²) < 4.78 is 53.7. The van der Waals surface area contributed by atoms with E-state index in [4.69, 9.17) is 14.5 Å². The zero-order valence-electron chi connectivity index (χ0n) is 17.8. The van der Waals surface area contributed by atoms with Crippen molar-refractivity contribution in [3.05, 3.63) is 90.6 Å². The standard InChI is InChI=1S/C24H19F3N4O3/c25-24(26,27)34-19-8-6-18(7-9-19)21-12-28-31-11-10-22(29-23(21)31)30(14-20-15-32-16-33-20)13-17-4-2-1-3-5-17/h1-12,15H,13-14,16H2. The molecule has 0 spiro atoms. The van der Waals surface area contributed by atoms with Crippen LogP contribution in [-0.4, -0.2) is 34.3 Å². The van der Waals surface area contributed by atoms with E-state index in [1.165, 1.54) is 12.1 Å². The maximum Gasteiger partial charge on any atom is 0.573 e. The third-order valence-electron chi connectivity index (χ3n) is 5.17. The van der Waals surface area contributed by atoms with Crippen LogP contribution in [-0.2, 0) is 16.0 Å². The second-order valence-corrected chi connectivity index (χ2v) is 7.54. The van der Waals surface area contributed by atoms with Gasteiger partial charge < -0.3 is 19.1 Å². The molecule has 10 heteroatoms. The molecule has 2 aromatic carbocycles. The summed E-state index contributed by atoms with van der Waals surface area (Å²) in [5.41, 5.74) is 3.01. The van der Waals surface area contributed by atoms with Gasteiger partial charge >= 0.3 is 6.36 Å². The third kappa shape index (κ3) is 4.90. The summed E-state index contributed by atoms with van der Waals surface area (Å²) in [4.78, 5) is 6.87. The highest BCUT2D eigenvalue weighted by molar-refractivity contribution is 5.78. The fraction of sp³-hybridized carbons (Fsp3) is 0.167. The highest BCUT2D eigenvalue weighted by atomic mass is 19.4. The molecule has 3 heterocycles. The molecule has 34 heavy (non-hydrogen) atoms. The Hall–Kier alpha value is -4.21. The average molecular weight is 468 g/mol. The molecule has 4 aromatic rings. The van der Waals surface area contributed by atoms with Crippen LogP contribution < -0.4 is 9.64 Å². The molecule has 174 valence electrons. The highest BCUT2D eigenvalue weighted by Crippen LogP contribution is 2.29. The minimum absolute atomic E-state index is 0.182. The Labute approximate surface area is 192 Å². The molecule has 5 rings (SSSR count). The maximum atomic E-state index is 12.5. The van der Waals surface area contributed by atoms with Crippen molar-refractivity contribution in [3.63, 3.8) is 0 Å². The molecule has 1 aliphatic heterocycles. The van der Waals surface area contributed by atoms with Crippen molar-refractivity contribution in [1.82, 2.24) is 14.6 Å². The van der Waals surface area contributed by atoms with E-state index in [9.17, 15) is 13.2 Å². The molecule has 0 fully saturated rings. The minimum atomic E-state index is -4.74. The van der Waals surface area contributed by atoms with Crippen LogP contribution in [0.2, 0.25) is 0 Å². The average Bonchev–Trinajstić information content (AvgIpc) is 3.48. The van der Waals surface area contributed by atoms with E-state index in [-0.39, 0.29) is 12.5 Å². The van der Waals surface area contributed by atoms with Gasteiger partial charge in [-0.2, -0.15) is 5.10 Å². The molecule has 0 aliphatic carbocycles. The number of aromatic nitrogens is 3. The first-order chi connectivity index (χ1) is 16.4. The molecule has 0 saturated carbocycles. The SMILES string of the molecule is FC(F)(F)Oc1ccc(-c2cnn3ccc(N(CC4=COCO4)Cc4ccccc4)nc23)cc1. The van der Waals surface area contributed by atoms with Crippen LogP contribution in [0.15, 0.2) is 85.1 Å². The van der Waals surface area contributed by atoms with Crippen molar-refractivity contribution in [3.8, 4) is 16.9 Å². The number of benzene rings is 2. The molecular formula is C24H19F3N4O3. The summed E-state index contributed by atoms with van der Waals surface area (Å²) >= 11 is 0. The van der Waals surface area contributed by atoms with Crippen LogP contribution in [0.1, 0.15) is 5.56 Å². The summed E-state index contributed by atoms with van der Waals surface area (Å²) in [6.07, 6.45) is 0.268. The normalized spacial score (nSPS) is 13.3. The number of alkyl halides is 3. The predicted octanol–water partition coefficient (Wildman–Crippen LogP) is 5.15. The van der Waals surface area contributed by atoms with E-state index >= 15 is 0 Å². The van der Waals surface area contributed by atoms with E-state index in [2.05, 4.69) is 9.84 Å². The van der Waals surface area contributed by atoms with Crippen molar-refractivity contribution < 1.29 is 27.4 Å². The fourth-order valence-electron chi connectivity index (χ4n) is 3.64. The zero-order chi connectivity index (χ0) is 23.5.